The lowest BCUT2D eigenvalue weighted by atomic mass is 10.1. The van der Waals surface area contributed by atoms with Gasteiger partial charge in [-0.2, -0.15) is 0 Å². The van der Waals surface area contributed by atoms with Gasteiger partial charge in [0.2, 0.25) is 15.9 Å². The molecular weight excluding hydrogens is 396 g/mol. The van der Waals surface area contributed by atoms with Gasteiger partial charge >= 0.3 is 0 Å². The van der Waals surface area contributed by atoms with Crippen LogP contribution in [0, 0.1) is 0 Å². The summed E-state index contributed by atoms with van der Waals surface area (Å²) in [5, 5.41) is 2.77. The van der Waals surface area contributed by atoms with Crippen LogP contribution in [0.2, 0.25) is 0 Å². The second-order valence-corrected chi connectivity index (χ2v) is 7.73. The van der Waals surface area contributed by atoms with Crippen molar-refractivity contribution in [3.63, 3.8) is 0 Å². The van der Waals surface area contributed by atoms with E-state index in [4.69, 9.17) is 14.2 Å². The normalized spacial score (nSPS) is 11.3. The van der Waals surface area contributed by atoms with Gasteiger partial charge in [0.25, 0.3) is 0 Å². The molecule has 0 atom stereocenters. The Hall–Kier alpha value is -3.04. The molecule has 0 spiro atoms. The number of amides is 1. The Kier molecular flexibility index (Phi) is 7.63. The highest BCUT2D eigenvalue weighted by molar-refractivity contribution is 7.89. The summed E-state index contributed by atoms with van der Waals surface area (Å²) < 4.78 is 41.5. The minimum absolute atomic E-state index is 0.155. The lowest BCUT2D eigenvalue weighted by molar-refractivity contribution is -0.116. The number of methoxy groups -OCH3 is 3. The van der Waals surface area contributed by atoms with Gasteiger partial charge in [-0.1, -0.05) is 12.1 Å². The molecule has 2 aromatic rings. The number of benzene rings is 2. The first-order valence-electron chi connectivity index (χ1n) is 8.63. The molecule has 0 aromatic heterocycles. The molecule has 0 fully saturated rings. The van der Waals surface area contributed by atoms with Crippen LogP contribution in [0.3, 0.4) is 0 Å². The van der Waals surface area contributed by atoms with E-state index in [1.165, 1.54) is 46.6 Å². The first-order valence-corrected chi connectivity index (χ1v) is 10.1. The molecular formula is C20H24N2O6S. The van der Waals surface area contributed by atoms with E-state index >= 15 is 0 Å². The average Bonchev–Trinajstić information content (AvgIpc) is 2.75. The minimum Gasteiger partial charge on any atom is -0.496 e. The summed E-state index contributed by atoms with van der Waals surface area (Å²) >= 11 is 0. The molecule has 2 rings (SSSR count). The molecule has 0 aliphatic carbocycles. The van der Waals surface area contributed by atoms with Gasteiger partial charge in [0.1, 0.15) is 5.75 Å². The van der Waals surface area contributed by atoms with Crippen molar-refractivity contribution in [1.82, 2.24) is 10.0 Å². The van der Waals surface area contributed by atoms with Gasteiger partial charge in [0, 0.05) is 24.3 Å². The van der Waals surface area contributed by atoms with E-state index in [1.54, 1.807) is 30.3 Å². The zero-order valence-corrected chi connectivity index (χ0v) is 17.5. The van der Waals surface area contributed by atoms with E-state index in [1.807, 2.05) is 0 Å². The molecule has 2 N–H and O–H groups in total. The number of nitrogens with one attached hydrogen (secondary N) is 2. The standard InChI is InChI=1S/C20H24N2O6S/c1-21-29(24,25)16-8-5-14(6-9-16)7-10-20(23)22-13-15-11-18(27-3)19(28-4)12-17(15)26-2/h5-12,21H,13H2,1-4H3,(H,22,23)/b10-7+. The molecule has 0 saturated heterocycles. The predicted octanol–water partition coefficient (Wildman–Crippen LogP) is 1.95. The second-order valence-electron chi connectivity index (χ2n) is 5.85. The van der Waals surface area contributed by atoms with Crippen molar-refractivity contribution in [2.24, 2.45) is 0 Å². The zero-order chi connectivity index (χ0) is 21.4. The van der Waals surface area contributed by atoms with Gasteiger partial charge in [-0.3, -0.25) is 4.79 Å². The summed E-state index contributed by atoms with van der Waals surface area (Å²) in [6.45, 7) is 0.228. The lowest BCUT2D eigenvalue weighted by Gasteiger charge is -2.14. The number of rotatable bonds is 9. The van der Waals surface area contributed by atoms with Crippen LogP contribution in [0.5, 0.6) is 17.2 Å². The van der Waals surface area contributed by atoms with Crippen LogP contribution in [-0.2, 0) is 21.4 Å². The number of sulfonamides is 1. The molecule has 0 aliphatic heterocycles. The summed E-state index contributed by atoms with van der Waals surface area (Å²) in [5.41, 5.74) is 1.42. The molecule has 0 saturated carbocycles. The third-order valence-electron chi connectivity index (χ3n) is 4.13. The average molecular weight is 420 g/mol. The van der Waals surface area contributed by atoms with E-state index in [2.05, 4.69) is 10.0 Å². The number of carbonyl (C=O) groups is 1. The molecule has 0 unspecified atom stereocenters. The molecule has 8 nitrogen and oxygen atoms in total. The quantitative estimate of drug-likeness (QED) is 0.601. The molecule has 2 aromatic carbocycles. The van der Waals surface area contributed by atoms with Gasteiger partial charge < -0.3 is 19.5 Å². The molecule has 0 aliphatic rings. The van der Waals surface area contributed by atoms with Gasteiger partial charge in [-0.15, -0.1) is 0 Å². The largest absolute Gasteiger partial charge is 0.496 e. The van der Waals surface area contributed by atoms with Crippen LogP contribution in [-0.4, -0.2) is 42.7 Å². The van der Waals surface area contributed by atoms with Gasteiger partial charge in [0.15, 0.2) is 11.5 Å². The summed E-state index contributed by atoms with van der Waals surface area (Å²) in [4.78, 5) is 12.3. The molecule has 0 heterocycles. The third-order valence-corrected chi connectivity index (χ3v) is 5.56. The van der Waals surface area contributed by atoms with E-state index in [-0.39, 0.29) is 17.3 Å². The van der Waals surface area contributed by atoms with E-state index < -0.39 is 10.0 Å². The summed E-state index contributed by atoms with van der Waals surface area (Å²) in [6, 6.07) is 9.60. The Labute approximate surface area is 170 Å². The highest BCUT2D eigenvalue weighted by atomic mass is 32.2. The van der Waals surface area contributed by atoms with Gasteiger partial charge in [-0.05, 0) is 36.9 Å². The van der Waals surface area contributed by atoms with Crippen molar-refractivity contribution < 1.29 is 27.4 Å². The van der Waals surface area contributed by atoms with Crippen molar-refractivity contribution >= 4 is 22.0 Å². The number of carbonyl (C=O) groups excluding carboxylic acids is 1. The number of ether oxygens (including phenoxy) is 3. The van der Waals surface area contributed by atoms with Crippen molar-refractivity contribution in [3.8, 4) is 17.2 Å². The first kappa shape index (κ1) is 22.3. The topological polar surface area (TPSA) is 103 Å². The molecule has 29 heavy (non-hydrogen) atoms. The van der Waals surface area contributed by atoms with Crippen LogP contribution in [0.1, 0.15) is 11.1 Å². The van der Waals surface area contributed by atoms with Crippen molar-refractivity contribution in [1.29, 1.82) is 0 Å². The fourth-order valence-electron chi connectivity index (χ4n) is 2.52. The SMILES string of the molecule is CNS(=O)(=O)c1ccc(/C=C/C(=O)NCc2cc(OC)c(OC)cc2OC)cc1. The molecule has 9 heteroatoms. The molecule has 1 amide bonds. The smallest absolute Gasteiger partial charge is 0.244 e. The lowest BCUT2D eigenvalue weighted by Crippen LogP contribution is -2.20. The second kappa shape index (κ2) is 9.94. The highest BCUT2D eigenvalue weighted by Crippen LogP contribution is 2.34. The van der Waals surface area contributed by atoms with Crippen molar-refractivity contribution in [2.75, 3.05) is 28.4 Å². The number of hydrogen-bond acceptors (Lipinski definition) is 6. The van der Waals surface area contributed by atoms with E-state index in [9.17, 15) is 13.2 Å². The number of hydrogen-bond donors (Lipinski definition) is 2. The summed E-state index contributed by atoms with van der Waals surface area (Å²) in [6.07, 6.45) is 2.96. The zero-order valence-electron chi connectivity index (χ0n) is 16.7. The van der Waals surface area contributed by atoms with Gasteiger partial charge in [0.05, 0.1) is 26.2 Å². The summed E-state index contributed by atoms with van der Waals surface area (Å²) in [5.74, 6) is 1.31. The van der Waals surface area contributed by atoms with Crippen LogP contribution in [0.15, 0.2) is 47.4 Å². The Morgan fingerprint density at radius 3 is 2.10 bits per heavy atom. The van der Waals surface area contributed by atoms with Crippen LogP contribution >= 0.6 is 0 Å². The van der Waals surface area contributed by atoms with Crippen molar-refractivity contribution in [3.05, 3.63) is 53.6 Å². The Morgan fingerprint density at radius 2 is 1.55 bits per heavy atom. The maximum absolute atomic E-state index is 12.1. The predicted molar refractivity (Wildman–Crippen MR) is 110 cm³/mol. The van der Waals surface area contributed by atoms with Crippen LogP contribution in [0.25, 0.3) is 6.08 Å². The van der Waals surface area contributed by atoms with E-state index in [0.717, 1.165) is 5.56 Å². The van der Waals surface area contributed by atoms with Crippen molar-refractivity contribution in [2.45, 2.75) is 11.4 Å². The maximum Gasteiger partial charge on any atom is 0.244 e. The van der Waals surface area contributed by atoms with Gasteiger partial charge in [-0.25, -0.2) is 13.1 Å². The van der Waals surface area contributed by atoms with E-state index in [0.29, 0.717) is 22.8 Å². The molecule has 0 radical (unpaired) electrons. The third kappa shape index (κ3) is 5.72. The fourth-order valence-corrected chi connectivity index (χ4v) is 3.25. The first-order chi connectivity index (χ1) is 13.8. The highest BCUT2D eigenvalue weighted by Gasteiger charge is 2.12. The fraction of sp³-hybridized carbons (Fsp3) is 0.250. The Morgan fingerprint density at radius 1 is 0.966 bits per heavy atom. The summed E-state index contributed by atoms with van der Waals surface area (Å²) in [7, 11) is 2.46. The maximum atomic E-state index is 12.1. The van der Waals surface area contributed by atoms with Crippen LogP contribution < -0.4 is 24.2 Å². The van der Waals surface area contributed by atoms with Crippen LogP contribution in [0.4, 0.5) is 0 Å². The Bertz CT molecular complexity index is 985. The Balaban J connectivity index is 2.04. The molecule has 0 bridgehead atoms. The monoisotopic (exact) mass is 420 g/mol. The molecule has 156 valence electrons. The minimum atomic E-state index is -3.49.